The summed E-state index contributed by atoms with van der Waals surface area (Å²) in [5, 5.41) is 3.35. The Morgan fingerprint density at radius 2 is 2.10 bits per heavy atom. The van der Waals surface area contributed by atoms with Gasteiger partial charge in [0, 0.05) is 29.5 Å². The van der Waals surface area contributed by atoms with Gasteiger partial charge < -0.3 is 10.1 Å². The zero-order valence-electron chi connectivity index (χ0n) is 12.0. The third-order valence-electron chi connectivity index (χ3n) is 3.09. The molecular formula is C16H17BrN2O2. The molecule has 4 nitrogen and oxygen atoms in total. The van der Waals surface area contributed by atoms with Gasteiger partial charge in [-0.25, -0.2) is 4.79 Å². The van der Waals surface area contributed by atoms with Crippen molar-refractivity contribution in [3.05, 3.63) is 63.4 Å². The number of carbonyl (C=O) groups is 1. The number of rotatable bonds is 5. The molecule has 0 saturated carbocycles. The minimum Gasteiger partial charge on any atom is -0.465 e. The lowest BCUT2D eigenvalue weighted by molar-refractivity contribution is 0.0600. The number of esters is 1. The summed E-state index contributed by atoms with van der Waals surface area (Å²) in [6.45, 7) is 3.42. The number of pyridine rings is 1. The fourth-order valence-electron chi connectivity index (χ4n) is 1.88. The van der Waals surface area contributed by atoms with E-state index in [9.17, 15) is 4.79 Å². The van der Waals surface area contributed by atoms with Crippen LogP contribution in [-0.4, -0.2) is 18.1 Å². The molecule has 0 amide bonds. The second kappa shape index (κ2) is 7.33. The van der Waals surface area contributed by atoms with Gasteiger partial charge in [-0.1, -0.05) is 28.1 Å². The van der Waals surface area contributed by atoms with Crippen LogP contribution in [0.1, 0.15) is 27.2 Å². The molecule has 0 bridgehead atoms. The number of aromatic nitrogens is 1. The Bertz CT molecular complexity index is 627. The van der Waals surface area contributed by atoms with E-state index in [-0.39, 0.29) is 5.97 Å². The zero-order chi connectivity index (χ0) is 15.2. The summed E-state index contributed by atoms with van der Waals surface area (Å²) in [5.74, 6) is -0.332. The maximum absolute atomic E-state index is 11.4. The van der Waals surface area contributed by atoms with Crippen LogP contribution >= 0.6 is 15.9 Å². The maximum Gasteiger partial charge on any atom is 0.337 e. The summed E-state index contributed by atoms with van der Waals surface area (Å²) >= 11 is 3.48. The highest BCUT2D eigenvalue weighted by atomic mass is 79.9. The molecule has 0 unspecified atom stereocenters. The molecule has 0 aliphatic carbocycles. The van der Waals surface area contributed by atoms with E-state index < -0.39 is 0 Å². The van der Waals surface area contributed by atoms with E-state index in [1.165, 1.54) is 7.11 Å². The molecule has 0 spiro atoms. The first-order chi connectivity index (χ1) is 10.1. The lowest BCUT2D eigenvalue weighted by atomic mass is 10.1. The number of aryl methyl sites for hydroxylation is 1. The molecule has 0 aliphatic heterocycles. The molecule has 1 aromatic carbocycles. The van der Waals surface area contributed by atoms with E-state index in [2.05, 4.69) is 32.3 Å². The van der Waals surface area contributed by atoms with Crippen LogP contribution in [0.25, 0.3) is 0 Å². The predicted octanol–water partition coefficient (Wildman–Crippen LogP) is 3.23. The number of methoxy groups -OCH3 is 1. The van der Waals surface area contributed by atoms with Gasteiger partial charge in [-0.2, -0.15) is 0 Å². The van der Waals surface area contributed by atoms with Crippen molar-refractivity contribution in [1.82, 2.24) is 10.3 Å². The molecule has 0 fully saturated rings. The smallest absolute Gasteiger partial charge is 0.337 e. The normalized spacial score (nSPS) is 10.4. The number of hydrogen-bond acceptors (Lipinski definition) is 4. The van der Waals surface area contributed by atoms with Gasteiger partial charge in [-0.3, -0.25) is 4.98 Å². The van der Waals surface area contributed by atoms with Crippen molar-refractivity contribution in [3.63, 3.8) is 0 Å². The Hall–Kier alpha value is -1.72. The Kier molecular flexibility index (Phi) is 5.47. The molecule has 110 valence electrons. The summed E-state index contributed by atoms with van der Waals surface area (Å²) in [7, 11) is 1.38. The van der Waals surface area contributed by atoms with Gasteiger partial charge in [0.1, 0.15) is 0 Å². The molecule has 1 N–H and O–H groups in total. The van der Waals surface area contributed by atoms with E-state index in [0.717, 1.165) is 27.8 Å². The second-order valence-electron chi connectivity index (χ2n) is 4.71. The fourth-order valence-corrected chi connectivity index (χ4v) is 2.40. The van der Waals surface area contributed by atoms with Gasteiger partial charge in [0.25, 0.3) is 0 Å². The van der Waals surface area contributed by atoms with Crippen molar-refractivity contribution in [1.29, 1.82) is 0 Å². The minimum atomic E-state index is -0.332. The highest BCUT2D eigenvalue weighted by molar-refractivity contribution is 9.10. The summed E-state index contributed by atoms with van der Waals surface area (Å²) in [6, 6.07) is 9.51. The van der Waals surface area contributed by atoms with Gasteiger partial charge in [-0.05, 0) is 36.2 Å². The van der Waals surface area contributed by atoms with Crippen LogP contribution in [-0.2, 0) is 17.8 Å². The maximum atomic E-state index is 11.4. The fraction of sp³-hybridized carbons (Fsp3) is 0.250. The molecule has 1 aromatic heterocycles. The number of benzene rings is 1. The monoisotopic (exact) mass is 348 g/mol. The van der Waals surface area contributed by atoms with Crippen LogP contribution < -0.4 is 5.32 Å². The molecule has 1 heterocycles. The number of nitrogens with one attached hydrogen (secondary N) is 1. The molecule has 0 radical (unpaired) electrons. The molecule has 21 heavy (non-hydrogen) atoms. The predicted molar refractivity (Wildman–Crippen MR) is 85.0 cm³/mol. The van der Waals surface area contributed by atoms with E-state index in [4.69, 9.17) is 4.74 Å². The first-order valence-corrected chi connectivity index (χ1v) is 7.38. The number of hydrogen-bond donors (Lipinski definition) is 1. The van der Waals surface area contributed by atoms with Crippen molar-refractivity contribution in [2.45, 2.75) is 20.0 Å². The topological polar surface area (TPSA) is 51.2 Å². The quantitative estimate of drug-likeness (QED) is 0.842. The Balaban J connectivity index is 1.94. The van der Waals surface area contributed by atoms with Gasteiger partial charge in [0.05, 0.1) is 12.7 Å². The van der Waals surface area contributed by atoms with Crippen LogP contribution in [0.3, 0.4) is 0 Å². The molecule has 5 heteroatoms. The second-order valence-corrected chi connectivity index (χ2v) is 5.56. The highest BCUT2D eigenvalue weighted by Gasteiger charge is 2.08. The van der Waals surface area contributed by atoms with Crippen molar-refractivity contribution >= 4 is 21.9 Å². The number of halogens is 1. The van der Waals surface area contributed by atoms with E-state index in [0.29, 0.717) is 12.1 Å². The summed E-state index contributed by atoms with van der Waals surface area (Å²) in [5.41, 5.74) is 3.78. The van der Waals surface area contributed by atoms with Crippen LogP contribution in [0.2, 0.25) is 0 Å². The average molecular weight is 349 g/mol. The van der Waals surface area contributed by atoms with E-state index >= 15 is 0 Å². The molecule has 0 atom stereocenters. The average Bonchev–Trinajstić information content (AvgIpc) is 2.50. The Labute approximate surface area is 132 Å². The molecular weight excluding hydrogens is 332 g/mol. The summed E-state index contributed by atoms with van der Waals surface area (Å²) in [6.07, 6.45) is 1.87. The van der Waals surface area contributed by atoms with E-state index in [1.54, 1.807) is 12.1 Å². The van der Waals surface area contributed by atoms with Crippen molar-refractivity contribution in [2.75, 3.05) is 7.11 Å². The minimum absolute atomic E-state index is 0.332. The van der Waals surface area contributed by atoms with E-state index in [1.807, 2.05) is 25.3 Å². The zero-order valence-corrected chi connectivity index (χ0v) is 13.6. The Morgan fingerprint density at radius 3 is 2.71 bits per heavy atom. The van der Waals surface area contributed by atoms with Crippen LogP contribution in [0, 0.1) is 6.92 Å². The lowest BCUT2D eigenvalue weighted by Crippen LogP contribution is -2.13. The third-order valence-corrected chi connectivity index (χ3v) is 3.83. The van der Waals surface area contributed by atoms with Crippen molar-refractivity contribution < 1.29 is 9.53 Å². The Morgan fingerprint density at radius 1 is 1.29 bits per heavy atom. The lowest BCUT2D eigenvalue weighted by Gasteiger charge is -2.08. The first kappa shape index (κ1) is 15.7. The van der Waals surface area contributed by atoms with Crippen molar-refractivity contribution in [3.8, 4) is 0 Å². The summed E-state index contributed by atoms with van der Waals surface area (Å²) < 4.78 is 5.59. The molecule has 0 aliphatic rings. The van der Waals surface area contributed by atoms with Gasteiger partial charge in [0.15, 0.2) is 0 Å². The molecule has 2 aromatic rings. The largest absolute Gasteiger partial charge is 0.465 e. The third kappa shape index (κ3) is 4.37. The van der Waals surface area contributed by atoms with Gasteiger partial charge in [0.2, 0.25) is 0 Å². The highest BCUT2D eigenvalue weighted by Crippen LogP contribution is 2.19. The first-order valence-electron chi connectivity index (χ1n) is 6.59. The van der Waals surface area contributed by atoms with Crippen LogP contribution in [0.5, 0.6) is 0 Å². The number of nitrogens with zero attached hydrogens (tertiary/aromatic N) is 1. The standard InChI is InChI=1S/C16H17BrN2O2/c1-11-3-4-12(9-19-11)8-18-10-14-6-5-13(7-15(14)17)16(20)21-2/h3-7,9,18H,8,10H2,1-2H3. The SMILES string of the molecule is COC(=O)c1ccc(CNCc2ccc(C)nc2)c(Br)c1. The molecule has 2 rings (SSSR count). The van der Waals surface area contributed by atoms with Crippen molar-refractivity contribution in [2.24, 2.45) is 0 Å². The van der Waals surface area contributed by atoms with Gasteiger partial charge in [-0.15, -0.1) is 0 Å². The summed E-state index contributed by atoms with van der Waals surface area (Å²) in [4.78, 5) is 15.7. The molecule has 0 saturated heterocycles. The number of ether oxygens (including phenoxy) is 1. The van der Waals surface area contributed by atoms with Gasteiger partial charge >= 0.3 is 5.97 Å². The van der Waals surface area contributed by atoms with Crippen LogP contribution in [0.15, 0.2) is 41.0 Å². The number of carbonyl (C=O) groups excluding carboxylic acids is 1. The van der Waals surface area contributed by atoms with Crippen LogP contribution in [0.4, 0.5) is 0 Å².